The van der Waals surface area contributed by atoms with Gasteiger partial charge in [0.15, 0.2) is 14.6 Å². The van der Waals surface area contributed by atoms with Crippen LogP contribution in [0.5, 0.6) is 5.75 Å². The number of thiazole rings is 1. The lowest BCUT2D eigenvalue weighted by atomic mass is 10.1. The summed E-state index contributed by atoms with van der Waals surface area (Å²) in [5.41, 5.74) is 2.78. The van der Waals surface area contributed by atoms with Gasteiger partial charge in [-0.2, -0.15) is 4.99 Å². The Kier molecular flexibility index (Phi) is 6.47. The normalized spacial score (nSPS) is 12.7. The van der Waals surface area contributed by atoms with Crippen molar-refractivity contribution in [3.63, 3.8) is 0 Å². The Hall–Kier alpha value is -2.45. The topological polar surface area (TPSA) is 77.7 Å². The molecule has 0 saturated heterocycles. The number of nitrogens with zero attached hydrogens (tertiary/aromatic N) is 2. The van der Waals surface area contributed by atoms with Crippen molar-refractivity contribution in [1.82, 2.24) is 4.57 Å². The molecule has 0 atom stereocenters. The van der Waals surface area contributed by atoms with Crippen LogP contribution in [0.25, 0.3) is 10.2 Å². The molecule has 2 aromatic carbocycles. The van der Waals surface area contributed by atoms with E-state index >= 15 is 0 Å². The summed E-state index contributed by atoms with van der Waals surface area (Å²) < 4.78 is 33.0. The third-order valence-electron chi connectivity index (χ3n) is 4.97. The molecule has 0 saturated carbocycles. The third kappa shape index (κ3) is 4.20. The molecule has 1 aromatic heterocycles. The lowest BCUT2D eigenvalue weighted by molar-refractivity contribution is -0.117. The second kappa shape index (κ2) is 8.73. The Morgan fingerprint density at radius 1 is 1.17 bits per heavy atom. The summed E-state index contributed by atoms with van der Waals surface area (Å²) in [4.78, 5) is 17.9. The highest BCUT2D eigenvalue weighted by molar-refractivity contribution is 7.92. The molecule has 8 heteroatoms. The summed E-state index contributed by atoms with van der Waals surface area (Å²) in [5.74, 6) is 0.476. The number of rotatable bonds is 6. The Morgan fingerprint density at radius 3 is 2.40 bits per heavy atom. The molecule has 0 aliphatic carbocycles. The predicted molar refractivity (Wildman–Crippen MR) is 120 cm³/mol. The fourth-order valence-electron chi connectivity index (χ4n) is 3.21. The van der Waals surface area contributed by atoms with Crippen LogP contribution in [0.15, 0.2) is 46.3 Å². The number of fused-ring (bicyclic) bond motifs is 1. The van der Waals surface area contributed by atoms with E-state index in [9.17, 15) is 13.2 Å². The van der Waals surface area contributed by atoms with Crippen LogP contribution in [-0.2, 0) is 27.6 Å². The molecule has 3 rings (SSSR count). The van der Waals surface area contributed by atoms with Gasteiger partial charge in [0.1, 0.15) is 11.3 Å². The summed E-state index contributed by atoms with van der Waals surface area (Å²) in [7, 11) is -1.70. The Bertz CT molecular complexity index is 1250. The van der Waals surface area contributed by atoms with Crippen molar-refractivity contribution in [2.24, 2.45) is 4.99 Å². The highest BCUT2D eigenvalue weighted by Crippen LogP contribution is 2.30. The van der Waals surface area contributed by atoms with Gasteiger partial charge in [-0.1, -0.05) is 29.5 Å². The second-order valence-electron chi connectivity index (χ2n) is 7.31. The molecule has 0 radical (unpaired) electrons. The first-order chi connectivity index (χ1) is 14.2. The summed E-state index contributed by atoms with van der Waals surface area (Å²) in [6.07, 6.45) is 0.107. The molecule has 0 aliphatic rings. The maximum Gasteiger partial charge on any atom is 0.252 e. The van der Waals surface area contributed by atoms with Crippen LogP contribution in [0.2, 0.25) is 0 Å². The van der Waals surface area contributed by atoms with E-state index in [0.29, 0.717) is 11.3 Å². The fraction of sp³-hybridized carbons (Fsp3) is 0.364. The number of methoxy groups -OCH3 is 1. The minimum atomic E-state index is -3.33. The largest absolute Gasteiger partial charge is 0.495 e. The molecular formula is C22H26N2O4S2. The van der Waals surface area contributed by atoms with Crippen molar-refractivity contribution in [1.29, 1.82) is 0 Å². The molecule has 30 heavy (non-hydrogen) atoms. The smallest absolute Gasteiger partial charge is 0.252 e. The van der Waals surface area contributed by atoms with Gasteiger partial charge in [-0.15, -0.1) is 0 Å². The van der Waals surface area contributed by atoms with Crippen LogP contribution >= 0.6 is 11.3 Å². The van der Waals surface area contributed by atoms with Crippen LogP contribution in [0.1, 0.15) is 31.9 Å². The number of carbonyl (C=O) groups is 1. The first-order valence-corrected chi connectivity index (χ1v) is 12.1. The molecule has 0 unspecified atom stereocenters. The standard InChI is InChI=1S/C22H26N2O4S2/c1-6-24-20-18(28-5)12-7-15(4)21(20)29-22(24)23-19(25)13-16-8-10-17(11-9-16)30(26,27)14(2)3/h7-12,14H,6,13H2,1-5H3. The number of benzene rings is 2. The quantitative estimate of drug-likeness (QED) is 0.575. The van der Waals surface area contributed by atoms with Crippen LogP contribution in [0.4, 0.5) is 0 Å². The SMILES string of the molecule is CCn1c(=NC(=O)Cc2ccc(S(=O)(=O)C(C)C)cc2)sc2c(C)ccc(OC)c21. The minimum Gasteiger partial charge on any atom is -0.495 e. The van der Waals surface area contributed by atoms with E-state index in [0.717, 1.165) is 27.1 Å². The maximum absolute atomic E-state index is 12.6. The van der Waals surface area contributed by atoms with E-state index in [1.807, 2.05) is 30.5 Å². The first-order valence-electron chi connectivity index (χ1n) is 9.76. The summed E-state index contributed by atoms with van der Waals surface area (Å²) in [6, 6.07) is 10.4. The number of aromatic nitrogens is 1. The molecule has 160 valence electrons. The fourth-order valence-corrected chi connectivity index (χ4v) is 5.47. The van der Waals surface area contributed by atoms with Crippen LogP contribution in [0.3, 0.4) is 0 Å². The number of amides is 1. The first kappa shape index (κ1) is 22.2. The maximum atomic E-state index is 12.6. The molecular weight excluding hydrogens is 420 g/mol. The zero-order valence-electron chi connectivity index (χ0n) is 17.8. The average Bonchev–Trinajstić information content (AvgIpc) is 3.07. The molecule has 1 heterocycles. The van der Waals surface area contributed by atoms with Gasteiger partial charge in [0, 0.05) is 6.54 Å². The monoisotopic (exact) mass is 446 g/mol. The molecule has 6 nitrogen and oxygen atoms in total. The van der Waals surface area contributed by atoms with Gasteiger partial charge < -0.3 is 9.30 Å². The van der Waals surface area contributed by atoms with E-state index in [4.69, 9.17) is 4.74 Å². The lowest BCUT2D eigenvalue weighted by Crippen LogP contribution is -2.17. The average molecular weight is 447 g/mol. The summed E-state index contributed by atoms with van der Waals surface area (Å²) in [6.45, 7) is 7.99. The van der Waals surface area contributed by atoms with Crippen molar-refractivity contribution in [2.45, 2.75) is 50.8 Å². The number of aryl methyl sites for hydroxylation is 2. The van der Waals surface area contributed by atoms with E-state index < -0.39 is 15.1 Å². The highest BCUT2D eigenvalue weighted by Gasteiger charge is 2.19. The number of ether oxygens (including phenoxy) is 1. The number of hydrogen-bond donors (Lipinski definition) is 0. The van der Waals surface area contributed by atoms with Gasteiger partial charge in [-0.05, 0) is 57.0 Å². The van der Waals surface area contributed by atoms with Crippen LogP contribution in [0, 0.1) is 6.92 Å². The molecule has 0 spiro atoms. The second-order valence-corrected chi connectivity index (χ2v) is 10.8. The molecule has 3 aromatic rings. The number of sulfone groups is 1. The zero-order chi connectivity index (χ0) is 22.1. The van der Waals surface area contributed by atoms with E-state index in [2.05, 4.69) is 4.99 Å². The highest BCUT2D eigenvalue weighted by atomic mass is 32.2. The van der Waals surface area contributed by atoms with Gasteiger partial charge in [0.25, 0.3) is 5.91 Å². The molecule has 0 aliphatic heterocycles. The van der Waals surface area contributed by atoms with Crippen LogP contribution < -0.4 is 9.54 Å². The van der Waals surface area contributed by atoms with Crippen LogP contribution in [-0.4, -0.2) is 31.3 Å². The van der Waals surface area contributed by atoms with Crippen molar-refractivity contribution < 1.29 is 17.9 Å². The van der Waals surface area contributed by atoms with Gasteiger partial charge in [0.05, 0.1) is 28.4 Å². The molecule has 0 fully saturated rings. The summed E-state index contributed by atoms with van der Waals surface area (Å²) >= 11 is 1.47. The number of carbonyl (C=O) groups excluding carboxylic acids is 1. The van der Waals surface area contributed by atoms with Gasteiger partial charge in [0.2, 0.25) is 0 Å². The molecule has 1 amide bonds. The number of hydrogen-bond acceptors (Lipinski definition) is 5. The van der Waals surface area contributed by atoms with E-state index in [1.54, 1.807) is 45.2 Å². The zero-order valence-corrected chi connectivity index (χ0v) is 19.4. The third-order valence-corrected chi connectivity index (χ3v) is 8.35. The van der Waals surface area contributed by atoms with Gasteiger partial charge in [-0.25, -0.2) is 8.42 Å². The summed E-state index contributed by atoms with van der Waals surface area (Å²) in [5, 5.41) is -0.488. The van der Waals surface area contributed by atoms with Crippen molar-refractivity contribution in [3.8, 4) is 5.75 Å². The van der Waals surface area contributed by atoms with Crippen molar-refractivity contribution in [3.05, 3.63) is 52.3 Å². The predicted octanol–water partition coefficient (Wildman–Crippen LogP) is 3.89. The lowest BCUT2D eigenvalue weighted by Gasteiger charge is -2.08. The van der Waals surface area contributed by atoms with Crippen molar-refractivity contribution in [2.75, 3.05) is 7.11 Å². The molecule has 0 N–H and O–H groups in total. The van der Waals surface area contributed by atoms with E-state index in [1.165, 1.54) is 11.3 Å². The molecule has 0 bridgehead atoms. The van der Waals surface area contributed by atoms with E-state index in [-0.39, 0.29) is 17.2 Å². The Balaban J connectivity index is 1.94. The van der Waals surface area contributed by atoms with Gasteiger partial charge in [-0.3, -0.25) is 4.79 Å². The van der Waals surface area contributed by atoms with Crippen molar-refractivity contribution >= 4 is 37.3 Å². The Labute approximate surface area is 180 Å². The van der Waals surface area contributed by atoms with Gasteiger partial charge >= 0.3 is 0 Å². The Morgan fingerprint density at radius 2 is 1.83 bits per heavy atom. The minimum absolute atomic E-state index is 0.107.